The van der Waals surface area contributed by atoms with Crippen molar-refractivity contribution in [3.8, 4) is 5.75 Å². The number of hydrogen-bond acceptors (Lipinski definition) is 2. The minimum Gasteiger partial charge on any atom is -0.494 e. The zero-order valence-corrected chi connectivity index (χ0v) is 13.3. The lowest BCUT2D eigenvalue weighted by molar-refractivity contribution is 0.386. The third-order valence-corrected chi connectivity index (χ3v) is 3.80. The molecule has 0 aliphatic rings. The SMILES string of the molecule is CCC(Nc1ccc(OC)c(F)c1)c1ccc(Cl)cc1Cl. The van der Waals surface area contributed by atoms with Crippen LogP contribution in [0.3, 0.4) is 0 Å². The Balaban J connectivity index is 2.24. The minimum atomic E-state index is -0.403. The topological polar surface area (TPSA) is 21.3 Å². The van der Waals surface area contributed by atoms with Crippen molar-refractivity contribution in [1.82, 2.24) is 0 Å². The summed E-state index contributed by atoms with van der Waals surface area (Å²) < 4.78 is 18.6. The molecular formula is C16H16Cl2FNO. The van der Waals surface area contributed by atoms with Crippen LogP contribution in [0.2, 0.25) is 10.0 Å². The van der Waals surface area contributed by atoms with Crippen molar-refractivity contribution >= 4 is 28.9 Å². The van der Waals surface area contributed by atoms with Crippen LogP contribution in [0.5, 0.6) is 5.75 Å². The Bertz CT molecular complexity index is 634. The first-order chi connectivity index (χ1) is 10.0. The Morgan fingerprint density at radius 1 is 1.19 bits per heavy atom. The molecule has 5 heteroatoms. The van der Waals surface area contributed by atoms with Gasteiger partial charge in [-0.05, 0) is 36.2 Å². The molecule has 0 spiro atoms. The Morgan fingerprint density at radius 3 is 2.52 bits per heavy atom. The van der Waals surface area contributed by atoms with Gasteiger partial charge in [-0.15, -0.1) is 0 Å². The maximum atomic E-state index is 13.7. The highest BCUT2D eigenvalue weighted by molar-refractivity contribution is 6.35. The van der Waals surface area contributed by atoms with E-state index in [0.717, 1.165) is 12.0 Å². The highest BCUT2D eigenvalue weighted by Gasteiger charge is 2.14. The monoisotopic (exact) mass is 327 g/mol. The number of anilines is 1. The fraction of sp³-hybridized carbons (Fsp3) is 0.250. The van der Waals surface area contributed by atoms with Crippen molar-refractivity contribution in [2.24, 2.45) is 0 Å². The van der Waals surface area contributed by atoms with E-state index < -0.39 is 5.82 Å². The van der Waals surface area contributed by atoms with Gasteiger partial charge in [0.25, 0.3) is 0 Å². The van der Waals surface area contributed by atoms with Gasteiger partial charge in [0.05, 0.1) is 13.2 Å². The fourth-order valence-corrected chi connectivity index (χ4v) is 2.68. The summed E-state index contributed by atoms with van der Waals surface area (Å²) in [5.74, 6) is -0.183. The van der Waals surface area contributed by atoms with Crippen LogP contribution >= 0.6 is 23.2 Å². The predicted molar refractivity (Wildman–Crippen MR) is 86.1 cm³/mol. The summed E-state index contributed by atoms with van der Waals surface area (Å²) in [4.78, 5) is 0. The van der Waals surface area contributed by atoms with Gasteiger partial charge in [0.2, 0.25) is 0 Å². The predicted octanol–water partition coefficient (Wildman–Crippen LogP) is 5.70. The molecule has 0 fully saturated rings. The maximum Gasteiger partial charge on any atom is 0.167 e. The standard InChI is InChI=1S/C16H16Cl2FNO/c1-3-15(12-6-4-10(17)8-13(12)18)20-11-5-7-16(21-2)14(19)9-11/h4-9,15,20H,3H2,1-2H3. The molecule has 0 bridgehead atoms. The molecule has 2 rings (SSSR count). The average molecular weight is 328 g/mol. The van der Waals surface area contributed by atoms with E-state index in [4.69, 9.17) is 27.9 Å². The molecule has 0 aromatic heterocycles. The van der Waals surface area contributed by atoms with Crippen molar-refractivity contribution in [3.05, 3.63) is 57.8 Å². The average Bonchev–Trinajstić information content (AvgIpc) is 2.45. The molecule has 0 heterocycles. The van der Waals surface area contributed by atoms with Gasteiger partial charge in [-0.3, -0.25) is 0 Å². The van der Waals surface area contributed by atoms with Gasteiger partial charge in [-0.25, -0.2) is 4.39 Å². The highest BCUT2D eigenvalue weighted by atomic mass is 35.5. The molecule has 1 N–H and O–H groups in total. The number of nitrogens with one attached hydrogen (secondary N) is 1. The number of rotatable bonds is 5. The molecule has 0 saturated heterocycles. The smallest absolute Gasteiger partial charge is 0.167 e. The molecule has 112 valence electrons. The number of benzene rings is 2. The molecule has 21 heavy (non-hydrogen) atoms. The third-order valence-electron chi connectivity index (χ3n) is 3.24. The van der Waals surface area contributed by atoms with E-state index in [1.165, 1.54) is 13.2 Å². The Kier molecular flexibility index (Phi) is 5.32. The van der Waals surface area contributed by atoms with Crippen LogP contribution in [0.15, 0.2) is 36.4 Å². The van der Waals surface area contributed by atoms with Gasteiger partial charge >= 0.3 is 0 Å². The fourth-order valence-electron chi connectivity index (χ4n) is 2.14. The Hall–Kier alpha value is -1.45. The van der Waals surface area contributed by atoms with Crippen LogP contribution in [0.4, 0.5) is 10.1 Å². The first-order valence-corrected chi connectivity index (χ1v) is 7.35. The zero-order chi connectivity index (χ0) is 15.4. The second-order valence-corrected chi connectivity index (χ2v) is 5.46. The lowest BCUT2D eigenvalue weighted by Crippen LogP contribution is -2.10. The maximum absolute atomic E-state index is 13.7. The van der Waals surface area contributed by atoms with Crippen LogP contribution < -0.4 is 10.1 Å². The van der Waals surface area contributed by atoms with Gasteiger partial charge in [-0.2, -0.15) is 0 Å². The van der Waals surface area contributed by atoms with E-state index >= 15 is 0 Å². The molecule has 0 aliphatic carbocycles. The molecule has 2 aromatic carbocycles. The zero-order valence-electron chi connectivity index (χ0n) is 11.8. The van der Waals surface area contributed by atoms with Crippen molar-refractivity contribution in [1.29, 1.82) is 0 Å². The van der Waals surface area contributed by atoms with Crippen molar-refractivity contribution in [2.75, 3.05) is 12.4 Å². The molecule has 2 nitrogen and oxygen atoms in total. The number of ether oxygens (including phenoxy) is 1. The van der Waals surface area contributed by atoms with Crippen molar-refractivity contribution in [2.45, 2.75) is 19.4 Å². The number of hydrogen-bond donors (Lipinski definition) is 1. The van der Waals surface area contributed by atoms with E-state index in [2.05, 4.69) is 5.32 Å². The quantitative estimate of drug-likeness (QED) is 0.760. The van der Waals surface area contributed by atoms with Crippen molar-refractivity contribution in [3.63, 3.8) is 0 Å². The Morgan fingerprint density at radius 2 is 1.95 bits per heavy atom. The minimum absolute atomic E-state index is 0.0254. The molecule has 0 saturated carbocycles. The van der Waals surface area contributed by atoms with E-state index in [-0.39, 0.29) is 11.8 Å². The first-order valence-electron chi connectivity index (χ1n) is 6.60. The number of methoxy groups -OCH3 is 1. The molecule has 1 unspecified atom stereocenters. The van der Waals surface area contributed by atoms with E-state index in [0.29, 0.717) is 15.7 Å². The Labute approximate surface area is 133 Å². The molecule has 0 aliphatic heterocycles. The van der Waals surface area contributed by atoms with Crippen LogP contribution in [-0.4, -0.2) is 7.11 Å². The summed E-state index contributed by atoms with van der Waals surface area (Å²) in [5.41, 5.74) is 1.60. The normalized spacial score (nSPS) is 12.0. The van der Waals surface area contributed by atoms with Gasteiger partial charge in [0, 0.05) is 21.8 Å². The second kappa shape index (κ2) is 7.01. The lowest BCUT2D eigenvalue weighted by atomic mass is 10.0. The summed E-state index contributed by atoms with van der Waals surface area (Å²) >= 11 is 12.1. The summed E-state index contributed by atoms with van der Waals surface area (Å²) in [6.07, 6.45) is 0.801. The second-order valence-electron chi connectivity index (χ2n) is 4.62. The van der Waals surface area contributed by atoms with E-state index in [1.54, 1.807) is 24.3 Å². The summed E-state index contributed by atoms with van der Waals surface area (Å²) in [6.45, 7) is 2.03. The molecular weight excluding hydrogens is 312 g/mol. The third kappa shape index (κ3) is 3.80. The molecule has 0 amide bonds. The summed E-state index contributed by atoms with van der Waals surface area (Å²) in [6, 6.07) is 10.1. The van der Waals surface area contributed by atoms with Crippen LogP contribution in [0.1, 0.15) is 24.9 Å². The van der Waals surface area contributed by atoms with E-state index in [9.17, 15) is 4.39 Å². The van der Waals surface area contributed by atoms with E-state index in [1.807, 2.05) is 13.0 Å². The van der Waals surface area contributed by atoms with Gasteiger partial charge < -0.3 is 10.1 Å². The van der Waals surface area contributed by atoms with Crippen LogP contribution in [-0.2, 0) is 0 Å². The van der Waals surface area contributed by atoms with Gasteiger partial charge in [-0.1, -0.05) is 36.2 Å². The van der Waals surface area contributed by atoms with Gasteiger partial charge in [0.1, 0.15) is 0 Å². The van der Waals surface area contributed by atoms with Crippen molar-refractivity contribution < 1.29 is 9.13 Å². The van der Waals surface area contributed by atoms with Gasteiger partial charge in [0.15, 0.2) is 11.6 Å². The molecule has 1 atom stereocenters. The molecule has 2 aromatic rings. The highest BCUT2D eigenvalue weighted by Crippen LogP contribution is 2.31. The van der Waals surface area contributed by atoms with Crippen LogP contribution in [0.25, 0.3) is 0 Å². The number of halogens is 3. The molecule has 0 radical (unpaired) electrons. The first kappa shape index (κ1) is 15.9. The summed E-state index contributed by atoms with van der Waals surface area (Å²) in [7, 11) is 1.44. The summed E-state index contributed by atoms with van der Waals surface area (Å²) in [5, 5.41) is 4.46. The largest absolute Gasteiger partial charge is 0.494 e. The lowest BCUT2D eigenvalue weighted by Gasteiger charge is -2.20. The van der Waals surface area contributed by atoms with Crippen LogP contribution in [0, 0.1) is 5.82 Å².